The zero-order chi connectivity index (χ0) is 44.3. The molecule has 5 atom stereocenters. The molecule has 4 aromatic rings. The summed E-state index contributed by atoms with van der Waals surface area (Å²) >= 11 is 0. The second kappa shape index (κ2) is 18.8. The van der Waals surface area contributed by atoms with Crippen LogP contribution in [-0.2, 0) is 48.0 Å². The molecule has 14 heteroatoms. The van der Waals surface area contributed by atoms with Gasteiger partial charge in [0.25, 0.3) is 5.91 Å². The van der Waals surface area contributed by atoms with Gasteiger partial charge in [-0.25, -0.2) is 5.43 Å². The Morgan fingerprint density at radius 1 is 1.10 bits per heavy atom. The molecule has 3 amide bonds. The quantitative estimate of drug-likeness (QED) is 0.149. The number of hydrazine groups is 1. The van der Waals surface area contributed by atoms with Gasteiger partial charge in [0.1, 0.15) is 23.9 Å². The lowest BCUT2D eigenvalue weighted by Crippen LogP contribution is -2.62. The first kappa shape index (κ1) is 45.2. The van der Waals surface area contributed by atoms with Gasteiger partial charge in [-0.15, -0.1) is 0 Å². The molecule has 328 valence electrons. The Kier molecular flexibility index (Phi) is 13.9. The van der Waals surface area contributed by atoms with Crippen LogP contribution in [0.1, 0.15) is 84.2 Å². The van der Waals surface area contributed by atoms with Gasteiger partial charge in [0.05, 0.1) is 30.1 Å². The number of phenols is 1. The minimum absolute atomic E-state index is 0.00611. The molecule has 61 heavy (non-hydrogen) atoms. The van der Waals surface area contributed by atoms with Crippen molar-refractivity contribution >= 4 is 34.6 Å². The third-order valence-corrected chi connectivity index (χ3v) is 12.1. The smallest absolute Gasteiger partial charge is 0.324 e. The topological polar surface area (TPSA) is 167 Å². The number of carbonyl (C=O) groups is 4. The summed E-state index contributed by atoms with van der Waals surface area (Å²) in [6.07, 6.45) is 3.07. The maximum atomic E-state index is 14.6. The molecule has 4 heterocycles. The molecule has 2 aliphatic heterocycles. The van der Waals surface area contributed by atoms with Gasteiger partial charge in [0.2, 0.25) is 11.8 Å². The highest BCUT2D eigenvalue weighted by Gasteiger charge is 2.38. The van der Waals surface area contributed by atoms with Gasteiger partial charge < -0.3 is 34.7 Å². The van der Waals surface area contributed by atoms with E-state index < -0.39 is 47.4 Å². The number of rotatable bonds is 10. The summed E-state index contributed by atoms with van der Waals surface area (Å²) in [5, 5.41) is 19.6. The molecule has 2 aromatic heterocycles. The molecule has 1 saturated heterocycles. The first-order chi connectivity index (χ1) is 29.0. The highest BCUT2D eigenvalue weighted by atomic mass is 16.5. The minimum atomic E-state index is -1.12. The SMILES string of the molecule is CCn1c(-c2cccnc2[C@H](C)OC)c2c3cc(ccc31)-c1cc(O)cc(c1)C[C@H](NC(=O)[C@H](C(C)C)N(C)C(=O)[C@H](C)NC)C(=O)N1CCC[C@H](N1)C(=O)OCC(C)(C)C2. The second-order valence-electron chi connectivity index (χ2n) is 17.7. The number of pyridine rings is 1. The normalized spacial score (nSPS) is 19.8. The van der Waals surface area contributed by atoms with Crippen LogP contribution in [0.2, 0.25) is 0 Å². The number of likely N-dealkylation sites (N-methyl/N-ethyl adjacent to an activating group) is 2. The molecule has 6 bridgehead atoms. The molecule has 0 radical (unpaired) electrons. The van der Waals surface area contributed by atoms with Crippen LogP contribution in [0.15, 0.2) is 54.7 Å². The number of esters is 1. The predicted octanol–water partition coefficient (Wildman–Crippen LogP) is 5.54. The van der Waals surface area contributed by atoms with Crippen LogP contribution in [0.3, 0.4) is 0 Å². The maximum absolute atomic E-state index is 14.6. The summed E-state index contributed by atoms with van der Waals surface area (Å²) in [6.45, 7) is 14.8. The van der Waals surface area contributed by atoms with Crippen LogP contribution in [0, 0.1) is 11.3 Å². The number of nitrogens with zero attached hydrogens (tertiary/aromatic N) is 4. The summed E-state index contributed by atoms with van der Waals surface area (Å²) in [4.78, 5) is 62.1. The van der Waals surface area contributed by atoms with E-state index >= 15 is 0 Å². The monoisotopic (exact) mass is 837 g/mol. The lowest BCUT2D eigenvalue weighted by molar-refractivity contribution is -0.155. The summed E-state index contributed by atoms with van der Waals surface area (Å²) in [6, 6.07) is 12.2. The molecule has 14 nitrogen and oxygen atoms in total. The molecule has 2 aromatic carbocycles. The van der Waals surface area contributed by atoms with Crippen molar-refractivity contribution in [2.75, 3.05) is 34.4 Å². The van der Waals surface area contributed by atoms with E-state index in [-0.39, 0.29) is 36.7 Å². The van der Waals surface area contributed by atoms with E-state index in [4.69, 9.17) is 14.5 Å². The maximum Gasteiger partial charge on any atom is 0.324 e. The molecule has 0 saturated carbocycles. The van der Waals surface area contributed by atoms with Gasteiger partial charge in [-0.1, -0.05) is 39.8 Å². The third-order valence-electron chi connectivity index (χ3n) is 12.1. The van der Waals surface area contributed by atoms with E-state index in [0.29, 0.717) is 37.9 Å². The molecule has 0 unspecified atom stereocenters. The first-order valence-corrected chi connectivity index (χ1v) is 21.4. The van der Waals surface area contributed by atoms with Crippen molar-refractivity contribution in [2.24, 2.45) is 11.3 Å². The molecule has 2 aliphatic rings. The number of nitrogens with one attached hydrogen (secondary N) is 3. The van der Waals surface area contributed by atoms with Gasteiger partial charge >= 0.3 is 5.97 Å². The van der Waals surface area contributed by atoms with E-state index in [2.05, 4.69) is 59.6 Å². The largest absolute Gasteiger partial charge is 0.508 e. The summed E-state index contributed by atoms with van der Waals surface area (Å²) in [5.74, 6) is -1.95. The third kappa shape index (κ3) is 9.61. The zero-order valence-corrected chi connectivity index (χ0v) is 37.3. The molecular formula is C47H63N7O7. The number of fused-ring (bicyclic) bond motifs is 6. The van der Waals surface area contributed by atoms with Crippen LogP contribution in [0.25, 0.3) is 33.3 Å². The van der Waals surface area contributed by atoms with Gasteiger partial charge in [0.15, 0.2) is 0 Å². The number of cyclic esters (lactones) is 1. The van der Waals surface area contributed by atoms with Crippen molar-refractivity contribution in [1.29, 1.82) is 0 Å². The van der Waals surface area contributed by atoms with Crippen molar-refractivity contribution in [3.05, 3.63) is 71.5 Å². The first-order valence-electron chi connectivity index (χ1n) is 21.4. The number of aromatic nitrogens is 2. The van der Waals surface area contributed by atoms with E-state index in [9.17, 15) is 24.3 Å². The van der Waals surface area contributed by atoms with E-state index in [0.717, 1.165) is 44.5 Å². The lowest BCUT2D eigenvalue weighted by atomic mass is 9.84. The van der Waals surface area contributed by atoms with Crippen LogP contribution in [0.4, 0.5) is 0 Å². The Balaban J connectivity index is 1.51. The number of aromatic hydroxyl groups is 1. The van der Waals surface area contributed by atoms with Crippen LogP contribution in [0.5, 0.6) is 5.75 Å². The fourth-order valence-electron chi connectivity index (χ4n) is 8.82. The molecule has 0 aliphatic carbocycles. The number of phenolic OH excluding ortho intramolecular Hbond substituents is 1. The number of aryl methyl sites for hydroxylation is 1. The number of carbonyl (C=O) groups excluding carboxylic acids is 4. The Hall–Kier alpha value is -5.31. The van der Waals surface area contributed by atoms with Crippen LogP contribution < -0.4 is 16.1 Å². The van der Waals surface area contributed by atoms with Crippen LogP contribution in [-0.4, -0.2) is 107 Å². The standard InChI is InChI=1S/C47H63N7O7/c1-11-53-39-17-16-31-24-35(39)36(42(53)34-14-12-18-49-40(34)29(5)60-10)25-47(6,7)26-61-46(59)37-15-13-19-54(51-37)45(58)38(22-30-20-32(31)23-33(55)21-30)50-43(56)41(27(2)3)52(9)44(57)28(4)48-8/h12,14,16-18,20-21,23-24,27-29,37-38,41,48,51,55H,11,13,15,19,22,25-26H2,1-10H3,(H,50,56)/t28-,29-,37-,38-,41-/m0/s1. The van der Waals surface area contributed by atoms with Gasteiger partial charge in [-0.2, -0.15) is 0 Å². The molecule has 6 rings (SSSR count). The average Bonchev–Trinajstić information content (AvgIpc) is 3.54. The fourth-order valence-corrected chi connectivity index (χ4v) is 8.82. The Morgan fingerprint density at radius 2 is 1.85 bits per heavy atom. The van der Waals surface area contributed by atoms with E-state index in [1.54, 1.807) is 46.5 Å². The molecule has 4 N–H and O–H groups in total. The molecule has 1 fully saturated rings. The van der Waals surface area contributed by atoms with Gasteiger partial charge in [-0.05, 0) is 112 Å². The lowest BCUT2D eigenvalue weighted by Gasteiger charge is -2.37. The Labute approximate surface area is 359 Å². The highest BCUT2D eigenvalue weighted by Crippen LogP contribution is 2.42. The summed E-state index contributed by atoms with van der Waals surface area (Å²) < 4.78 is 14.2. The van der Waals surface area contributed by atoms with Crippen molar-refractivity contribution in [1.82, 2.24) is 35.5 Å². The predicted molar refractivity (Wildman–Crippen MR) is 235 cm³/mol. The number of hydrogen-bond acceptors (Lipinski definition) is 10. The molecule has 0 spiro atoms. The number of amides is 3. The highest BCUT2D eigenvalue weighted by molar-refractivity contribution is 5.96. The van der Waals surface area contributed by atoms with Gasteiger partial charge in [-0.3, -0.25) is 29.2 Å². The van der Waals surface area contributed by atoms with Crippen molar-refractivity contribution < 1.29 is 33.8 Å². The summed E-state index contributed by atoms with van der Waals surface area (Å²) in [7, 11) is 4.94. The summed E-state index contributed by atoms with van der Waals surface area (Å²) in [5.41, 5.74) is 9.66. The Bertz CT molecular complexity index is 2270. The van der Waals surface area contributed by atoms with E-state index in [1.165, 1.54) is 9.91 Å². The van der Waals surface area contributed by atoms with Crippen molar-refractivity contribution in [3.8, 4) is 28.1 Å². The number of hydrogen-bond donors (Lipinski definition) is 4. The van der Waals surface area contributed by atoms with Gasteiger partial charge in [0, 0.05) is 61.7 Å². The van der Waals surface area contributed by atoms with Crippen LogP contribution >= 0.6 is 0 Å². The Morgan fingerprint density at radius 3 is 2.54 bits per heavy atom. The molecular weight excluding hydrogens is 775 g/mol. The fraction of sp³-hybridized carbons (Fsp3) is 0.511. The van der Waals surface area contributed by atoms with E-state index in [1.807, 2.05) is 39.0 Å². The zero-order valence-electron chi connectivity index (χ0n) is 37.3. The number of methoxy groups -OCH3 is 1. The second-order valence-corrected chi connectivity index (χ2v) is 17.7. The van der Waals surface area contributed by atoms with Crippen molar-refractivity contribution in [2.45, 2.75) is 111 Å². The van der Waals surface area contributed by atoms with Crippen molar-refractivity contribution in [3.63, 3.8) is 0 Å². The average molecular weight is 838 g/mol. The number of benzene rings is 2. The number of ether oxygens (including phenoxy) is 2. The minimum Gasteiger partial charge on any atom is -0.508 e.